The molecule has 0 fully saturated rings. The highest BCUT2D eigenvalue weighted by Gasteiger charge is 2.16. The van der Waals surface area contributed by atoms with E-state index in [9.17, 15) is 14.9 Å². The van der Waals surface area contributed by atoms with Crippen molar-refractivity contribution < 1.29 is 9.72 Å². The van der Waals surface area contributed by atoms with E-state index in [4.69, 9.17) is 11.6 Å². The van der Waals surface area contributed by atoms with Crippen molar-refractivity contribution in [1.82, 2.24) is 0 Å². The molecule has 0 aliphatic heterocycles. The predicted octanol–water partition coefficient (Wildman–Crippen LogP) is 4.45. The lowest BCUT2D eigenvalue weighted by Gasteiger charge is -2.05. The molecule has 0 amide bonds. The number of halogens is 1. The van der Waals surface area contributed by atoms with E-state index in [-0.39, 0.29) is 11.5 Å². The number of Topliss-reactive ketones (excluding diaryl/α,β-unsaturated/α-hetero) is 1. The van der Waals surface area contributed by atoms with E-state index in [0.29, 0.717) is 35.4 Å². The van der Waals surface area contributed by atoms with Crippen LogP contribution in [0.1, 0.15) is 28.8 Å². The molecule has 0 saturated carbocycles. The first-order chi connectivity index (χ1) is 10.1. The van der Waals surface area contributed by atoms with Gasteiger partial charge in [0.15, 0.2) is 5.78 Å². The Morgan fingerprint density at radius 2 is 1.81 bits per heavy atom. The Morgan fingerprint density at radius 1 is 1.10 bits per heavy atom. The Hall–Kier alpha value is -2.20. The van der Waals surface area contributed by atoms with Crippen molar-refractivity contribution in [3.63, 3.8) is 0 Å². The molecule has 0 N–H and O–H groups in total. The van der Waals surface area contributed by atoms with Gasteiger partial charge in [0.2, 0.25) is 0 Å². The van der Waals surface area contributed by atoms with Crippen molar-refractivity contribution >= 4 is 23.1 Å². The molecule has 4 nitrogen and oxygen atoms in total. The van der Waals surface area contributed by atoms with E-state index in [1.165, 1.54) is 6.07 Å². The highest BCUT2D eigenvalue weighted by Crippen LogP contribution is 2.27. The molecule has 0 saturated heterocycles. The number of benzene rings is 2. The van der Waals surface area contributed by atoms with Crippen LogP contribution in [0.2, 0.25) is 5.02 Å². The molecule has 2 aromatic carbocycles. The highest BCUT2D eigenvalue weighted by atomic mass is 35.5. The third kappa shape index (κ3) is 3.89. The second-order valence-electron chi connectivity index (χ2n) is 4.64. The van der Waals surface area contributed by atoms with Crippen molar-refractivity contribution in [3.05, 3.63) is 74.8 Å². The van der Waals surface area contributed by atoms with E-state index < -0.39 is 4.92 Å². The van der Waals surface area contributed by atoms with E-state index in [2.05, 4.69) is 0 Å². The fourth-order valence-corrected chi connectivity index (χ4v) is 2.42. The smallest absolute Gasteiger partial charge is 0.274 e. The Labute approximate surface area is 127 Å². The number of rotatable bonds is 6. The van der Waals surface area contributed by atoms with Crippen LogP contribution in [0.25, 0.3) is 0 Å². The van der Waals surface area contributed by atoms with Gasteiger partial charge in [0, 0.05) is 23.6 Å². The third-order valence-corrected chi connectivity index (χ3v) is 3.57. The Kier molecular flexibility index (Phi) is 5.06. The second kappa shape index (κ2) is 6.99. The first-order valence-electron chi connectivity index (χ1n) is 6.59. The number of ketones is 1. The van der Waals surface area contributed by atoms with Gasteiger partial charge in [-0.05, 0) is 18.9 Å². The van der Waals surface area contributed by atoms with E-state index >= 15 is 0 Å². The molecule has 2 rings (SSSR count). The molecular formula is C16H14ClNO3. The van der Waals surface area contributed by atoms with Gasteiger partial charge in [0.1, 0.15) is 0 Å². The molecule has 0 radical (unpaired) electrons. The average molecular weight is 304 g/mol. The van der Waals surface area contributed by atoms with Crippen LogP contribution in [-0.4, -0.2) is 10.7 Å². The van der Waals surface area contributed by atoms with E-state index in [1.54, 1.807) is 24.3 Å². The summed E-state index contributed by atoms with van der Waals surface area (Å²) in [5.41, 5.74) is 1.16. The van der Waals surface area contributed by atoms with Gasteiger partial charge in [0.05, 0.1) is 9.95 Å². The standard InChI is InChI=1S/C16H14ClNO3/c17-14-9-5-10-15(18(20)21)13(14)8-4-11-16(19)12-6-2-1-3-7-12/h1-3,5-7,9-10H,4,8,11H2. The maximum atomic E-state index is 12.0. The summed E-state index contributed by atoms with van der Waals surface area (Å²) in [6.07, 6.45) is 1.28. The molecular weight excluding hydrogens is 290 g/mol. The van der Waals surface area contributed by atoms with Crippen LogP contribution < -0.4 is 0 Å². The molecule has 0 bridgehead atoms. The van der Waals surface area contributed by atoms with Gasteiger partial charge in [-0.25, -0.2) is 0 Å². The molecule has 108 valence electrons. The summed E-state index contributed by atoms with van der Waals surface area (Å²) in [4.78, 5) is 22.5. The molecule has 0 aliphatic carbocycles. The van der Waals surface area contributed by atoms with Crippen LogP contribution in [0.3, 0.4) is 0 Å². The number of nitro groups is 1. The molecule has 0 heterocycles. The van der Waals surface area contributed by atoms with Crippen molar-refractivity contribution in [1.29, 1.82) is 0 Å². The minimum atomic E-state index is -0.444. The van der Waals surface area contributed by atoms with Crippen LogP contribution >= 0.6 is 11.6 Å². The zero-order valence-electron chi connectivity index (χ0n) is 11.3. The van der Waals surface area contributed by atoms with Gasteiger partial charge in [-0.15, -0.1) is 0 Å². The zero-order valence-corrected chi connectivity index (χ0v) is 12.0. The van der Waals surface area contributed by atoms with Crippen LogP contribution in [0.4, 0.5) is 5.69 Å². The number of hydrogen-bond donors (Lipinski definition) is 0. The molecule has 21 heavy (non-hydrogen) atoms. The monoisotopic (exact) mass is 303 g/mol. The van der Waals surface area contributed by atoms with Gasteiger partial charge in [-0.1, -0.05) is 48.0 Å². The van der Waals surface area contributed by atoms with Gasteiger partial charge in [-0.3, -0.25) is 14.9 Å². The summed E-state index contributed by atoms with van der Waals surface area (Å²) in [7, 11) is 0. The summed E-state index contributed by atoms with van der Waals surface area (Å²) >= 11 is 6.02. The lowest BCUT2D eigenvalue weighted by molar-refractivity contribution is -0.385. The van der Waals surface area contributed by atoms with Crippen LogP contribution in [-0.2, 0) is 6.42 Å². The number of carbonyl (C=O) groups excluding carboxylic acids is 1. The lowest BCUT2D eigenvalue weighted by atomic mass is 10.0. The topological polar surface area (TPSA) is 60.2 Å². The minimum Gasteiger partial charge on any atom is -0.294 e. The number of nitro benzene ring substituents is 1. The molecule has 0 aromatic heterocycles. The van der Waals surface area contributed by atoms with Crippen LogP contribution in [0, 0.1) is 10.1 Å². The van der Waals surface area contributed by atoms with Gasteiger partial charge < -0.3 is 0 Å². The molecule has 0 unspecified atom stereocenters. The number of nitrogens with zero attached hydrogens (tertiary/aromatic N) is 1. The number of carbonyl (C=O) groups is 1. The predicted molar refractivity (Wildman–Crippen MR) is 81.8 cm³/mol. The molecule has 5 heteroatoms. The summed E-state index contributed by atoms with van der Waals surface area (Å²) in [5.74, 6) is 0.0327. The van der Waals surface area contributed by atoms with Gasteiger partial charge in [0.25, 0.3) is 5.69 Å². The summed E-state index contributed by atoms with van der Waals surface area (Å²) in [6, 6.07) is 13.6. The molecule has 2 aromatic rings. The van der Waals surface area contributed by atoms with Crippen molar-refractivity contribution in [3.8, 4) is 0 Å². The van der Waals surface area contributed by atoms with Gasteiger partial charge in [-0.2, -0.15) is 0 Å². The molecule has 0 aliphatic rings. The fourth-order valence-electron chi connectivity index (χ4n) is 2.16. The van der Waals surface area contributed by atoms with Crippen LogP contribution in [0.5, 0.6) is 0 Å². The maximum Gasteiger partial charge on any atom is 0.274 e. The lowest BCUT2D eigenvalue weighted by Crippen LogP contribution is -2.01. The molecule has 0 atom stereocenters. The average Bonchev–Trinajstić information content (AvgIpc) is 2.49. The molecule has 0 spiro atoms. The van der Waals surface area contributed by atoms with Gasteiger partial charge >= 0.3 is 0 Å². The van der Waals surface area contributed by atoms with Crippen molar-refractivity contribution in [2.24, 2.45) is 0 Å². The second-order valence-corrected chi connectivity index (χ2v) is 5.04. The quantitative estimate of drug-likeness (QED) is 0.450. The minimum absolute atomic E-state index is 0.00894. The van der Waals surface area contributed by atoms with Crippen LogP contribution in [0.15, 0.2) is 48.5 Å². The van der Waals surface area contributed by atoms with Crippen molar-refractivity contribution in [2.45, 2.75) is 19.3 Å². The summed E-state index contributed by atoms with van der Waals surface area (Å²) < 4.78 is 0. The van der Waals surface area contributed by atoms with E-state index in [1.807, 2.05) is 18.2 Å². The summed E-state index contributed by atoms with van der Waals surface area (Å²) in [6.45, 7) is 0. The number of hydrogen-bond acceptors (Lipinski definition) is 3. The highest BCUT2D eigenvalue weighted by molar-refractivity contribution is 6.31. The first kappa shape index (κ1) is 15.2. The fraction of sp³-hybridized carbons (Fsp3) is 0.188. The zero-order chi connectivity index (χ0) is 15.2. The first-order valence-corrected chi connectivity index (χ1v) is 6.97. The maximum absolute atomic E-state index is 12.0. The Balaban J connectivity index is 2.01. The SMILES string of the molecule is O=C(CCCc1c(Cl)cccc1[N+](=O)[O-])c1ccccc1. The van der Waals surface area contributed by atoms with E-state index in [0.717, 1.165) is 0 Å². The Bertz CT molecular complexity index is 656. The normalized spacial score (nSPS) is 10.3. The Morgan fingerprint density at radius 3 is 2.48 bits per heavy atom. The summed E-state index contributed by atoms with van der Waals surface area (Å²) in [5, 5.41) is 11.3. The third-order valence-electron chi connectivity index (χ3n) is 3.22. The van der Waals surface area contributed by atoms with Crippen molar-refractivity contribution in [2.75, 3.05) is 0 Å². The largest absolute Gasteiger partial charge is 0.294 e.